The van der Waals surface area contributed by atoms with Crippen molar-refractivity contribution in [2.45, 2.75) is 13.5 Å². The molecule has 1 heterocycles. The van der Waals surface area contributed by atoms with Gasteiger partial charge in [0.15, 0.2) is 0 Å². The number of carbonyl (C=O) groups is 2. The number of amides is 2. The van der Waals surface area contributed by atoms with E-state index in [1.807, 2.05) is 12.3 Å². The van der Waals surface area contributed by atoms with Crippen LogP contribution in [0.25, 0.3) is 0 Å². The molecule has 0 saturated heterocycles. The Morgan fingerprint density at radius 2 is 2.31 bits per heavy atom. The van der Waals surface area contributed by atoms with Crippen LogP contribution in [0.5, 0.6) is 0 Å². The van der Waals surface area contributed by atoms with Gasteiger partial charge < -0.3 is 15.3 Å². The second-order valence-electron chi connectivity index (χ2n) is 3.29. The van der Waals surface area contributed by atoms with E-state index in [4.69, 9.17) is 5.11 Å². The molecular formula is C9H13N3O3S. The summed E-state index contributed by atoms with van der Waals surface area (Å²) in [5.41, 5.74) is 0.910. The summed E-state index contributed by atoms with van der Waals surface area (Å²) in [5.74, 6) is -1.04. The van der Waals surface area contributed by atoms with Crippen molar-refractivity contribution >= 4 is 23.3 Å². The lowest BCUT2D eigenvalue weighted by Crippen LogP contribution is -2.39. The number of rotatable bonds is 4. The molecule has 0 saturated carbocycles. The van der Waals surface area contributed by atoms with E-state index in [-0.39, 0.29) is 6.54 Å². The standard InChI is InChI=1S/C9H13N3O3S/c1-6-5-16-7(11-6)3-10-9(15)12(2)4-8(13)14/h5H,3-4H2,1-2H3,(H,10,15)(H,13,14). The molecule has 16 heavy (non-hydrogen) atoms. The van der Waals surface area contributed by atoms with Gasteiger partial charge >= 0.3 is 12.0 Å². The molecule has 7 heteroatoms. The quantitative estimate of drug-likeness (QED) is 0.814. The van der Waals surface area contributed by atoms with Crippen molar-refractivity contribution in [1.82, 2.24) is 15.2 Å². The zero-order valence-electron chi connectivity index (χ0n) is 9.06. The molecule has 1 aromatic rings. The number of urea groups is 1. The van der Waals surface area contributed by atoms with Crippen molar-refractivity contribution in [3.63, 3.8) is 0 Å². The Morgan fingerprint density at radius 3 is 2.81 bits per heavy atom. The van der Waals surface area contributed by atoms with Crippen LogP contribution in [0.3, 0.4) is 0 Å². The Balaban J connectivity index is 2.37. The van der Waals surface area contributed by atoms with E-state index in [0.717, 1.165) is 15.6 Å². The van der Waals surface area contributed by atoms with E-state index in [1.54, 1.807) is 0 Å². The van der Waals surface area contributed by atoms with Crippen molar-refractivity contribution < 1.29 is 14.7 Å². The molecule has 0 radical (unpaired) electrons. The van der Waals surface area contributed by atoms with Crippen LogP contribution >= 0.6 is 11.3 Å². The van der Waals surface area contributed by atoms with Gasteiger partial charge in [-0.05, 0) is 6.92 Å². The molecule has 0 aromatic carbocycles. The van der Waals surface area contributed by atoms with Gasteiger partial charge in [0.05, 0.1) is 6.54 Å². The Labute approximate surface area is 96.9 Å². The molecule has 0 unspecified atom stereocenters. The number of nitrogens with zero attached hydrogens (tertiary/aromatic N) is 2. The summed E-state index contributed by atoms with van der Waals surface area (Å²) in [6.45, 7) is 1.88. The van der Waals surface area contributed by atoms with E-state index in [2.05, 4.69) is 10.3 Å². The van der Waals surface area contributed by atoms with Gasteiger partial charge in [-0.2, -0.15) is 0 Å². The lowest BCUT2D eigenvalue weighted by molar-refractivity contribution is -0.137. The Kier molecular flexibility index (Phi) is 4.24. The van der Waals surface area contributed by atoms with Crippen LogP contribution in [0.2, 0.25) is 0 Å². The molecule has 0 spiro atoms. The second-order valence-corrected chi connectivity index (χ2v) is 4.23. The molecule has 0 fully saturated rings. The van der Waals surface area contributed by atoms with Gasteiger partial charge in [-0.1, -0.05) is 0 Å². The molecule has 0 bridgehead atoms. The molecule has 2 N–H and O–H groups in total. The average Bonchev–Trinajstić information content (AvgIpc) is 2.59. The number of carboxylic acids is 1. The van der Waals surface area contributed by atoms with Crippen LogP contribution in [0, 0.1) is 6.92 Å². The lowest BCUT2D eigenvalue weighted by atomic mass is 10.5. The maximum Gasteiger partial charge on any atom is 0.323 e. The molecule has 1 aromatic heterocycles. The van der Waals surface area contributed by atoms with E-state index in [1.165, 1.54) is 18.4 Å². The van der Waals surface area contributed by atoms with Gasteiger partial charge in [-0.15, -0.1) is 11.3 Å². The Hall–Kier alpha value is -1.63. The van der Waals surface area contributed by atoms with Crippen LogP contribution in [0.4, 0.5) is 4.79 Å². The second kappa shape index (κ2) is 5.45. The Bertz CT molecular complexity index is 391. The van der Waals surface area contributed by atoms with Crippen LogP contribution in [-0.2, 0) is 11.3 Å². The summed E-state index contributed by atoms with van der Waals surface area (Å²) in [7, 11) is 1.43. The van der Waals surface area contributed by atoms with Gasteiger partial charge in [0.2, 0.25) is 0 Å². The Morgan fingerprint density at radius 1 is 1.62 bits per heavy atom. The molecule has 0 atom stereocenters. The van der Waals surface area contributed by atoms with Gasteiger partial charge in [-0.3, -0.25) is 4.79 Å². The normalized spacial score (nSPS) is 9.88. The summed E-state index contributed by atoms with van der Waals surface area (Å²) in [6, 6.07) is -0.421. The molecule has 88 valence electrons. The van der Waals surface area contributed by atoms with Gasteiger partial charge in [0.1, 0.15) is 11.6 Å². The third-order valence-electron chi connectivity index (χ3n) is 1.78. The summed E-state index contributed by atoms with van der Waals surface area (Å²) < 4.78 is 0. The summed E-state index contributed by atoms with van der Waals surface area (Å²) in [6.07, 6.45) is 0. The number of nitrogens with one attached hydrogen (secondary N) is 1. The summed E-state index contributed by atoms with van der Waals surface area (Å²) in [4.78, 5) is 27.0. The highest BCUT2D eigenvalue weighted by atomic mass is 32.1. The fourth-order valence-electron chi connectivity index (χ4n) is 1.04. The largest absolute Gasteiger partial charge is 0.480 e. The van der Waals surface area contributed by atoms with E-state index >= 15 is 0 Å². The first-order chi connectivity index (χ1) is 7.49. The van der Waals surface area contributed by atoms with Crippen LogP contribution in [0.1, 0.15) is 10.7 Å². The minimum Gasteiger partial charge on any atom is -0.480 e. The monoisotopic (exact) mass is 243 g/mol. The number of aryl methyl sites for hydroxylation is 1. The van der Waals surface area contributed by atoms with Gasteiger partial charge in [0, 0.05) is 18.1 Å². The maximum absolute atomic E-state index is 11.4. The van der Waals surface area contributed by atoms with Crippen molar-refractivity contribution in [3.05, 3.63) is 16.1 Å². The van der Waals surface area contributed by atoms with Crippen molar-refractivity contribution in [1.29, 1.82) is 0 Å². The van der Waals surface area contributed by atoms with Crippen molar-refractivity contribution in [3.8, 4) is 0 Å². The lowest BCUT2D eigenvalue weighted by Gasteiger charge is -2.14. The van der Waals surface area contributed by atoms with Gasteiger partial charge in [-0.25, -0.2) is 9.78 Å². The van der Waals surface area contributed by atoms with Gasteiger partial charge in [0.25, 0.3) is 0 Å². The highest BCUT2D eigenvalue weighted by molar-refractivity contribution is 7.09. The summed E-state index contributed by atoms with van der Waals surface area (Å²) in [5, 5.41) is 13.8. The number of aromatic nitrogens is 1. The number of hydrogen-bond donors (Lipinski definition) is 2. The van der Waals surface area contributed by atoms with Crippen molar-refractivity contribution in [2.75, 3.05) is 13.6 Å². The topological polar surface area (TPSA) is 82.5 Å². The molecule has 1 rings (SSSR count). The zero-order chi connectivity index (χ0) is 12.1. The average molecular weight is 243 g/mol. The van der Waals surface area contributed by atoms with E-state index in [0.29, 0.717) is 6.54 Å². The number of carbonyl (C=O) groups excluding carboxylic acids is 1. The van der Waals surface area contributed by atoms with E-state index in [9.17, 15) is 9.59 Å². The fraction of sp³-hybridized carbons (Fsp3) is 0.444. The summed E-state index contributed by atoms with van der Waals surface area (Å²) >= 11 is 1.46. The van der Waals surface area contributed by atoms with E-state index < -0.39 is 12.0 Å². The molecule has 6 nitrogen and oxygen atoms in total. The van der Waals surface area contributed by atoms with Crippen molar-refractivity contribution in [2.24, 2.45) is 0 Å². The maximum atomic E-state index is 11.4. The molecule has 2 amide bonds. The fourth-order valence-corrected chi connectivity index (χ4v) is 1.76. The molecule has 0 aliphatic carbocycles. The minimum absolute atomic E-state index is 0.317. The zero-order valence-corrected chi connectivity index (χ0v) is 9.87. The van der Waals surface area contributed by atoms with Crippen LogP contribution in [0.15, 0.2) is 5.38 Å². The number of aliphatic carboxylic acids is 1. The SMILES string of the molecule is Cc1csc(CNC(=O)N(C)CC(=O)O)n1. The molecule has 0 aliphatic heterocycles. The molecular weight excluding hydrogens is 230 g/mol. The minimum atomic E-state index is -1.04. The first-order valence-corrected chi connectivity index (χ1v) is 5.48. The van der Waals surface area contributed by atoms with Crippen LogP contribution in [-0.4, -0.2) is 40.6 Å². The third-order valence-corrected chi connectivity index (χ3v) is 2.74. The first kappa shape index (κ1) is 12.4. The predicted octanol–water partition coefficient (Wildman–Crippen LogP) is 0.678. The number of thiazole rings is 1. The predicted molar refractivity (Wildman–Crippen MR) is 59.4 cm³/mol. The first-order valence-electron chi connectivity index (χ1n) is 4.61. The third kappa shape index (κ3) is 3.85. The highest BCUT2D eigenvalue weighted by Gasteiger charge is 2.11. The van der Waals surface area contributed by atoms with Crippen LogP contribution < -0.4 is 5.32 Å². The number of hydrogen-bond acceptors (Lipinski definition) is 4. The smallest absolute Gasteiger partial charge is 0.323 e. The highest BCUT2D eigenvalue weighted by Crippen LogP contribution is 2.07. The number of carboxylic acid groups (broad SMARTS) is 1. The number of likely N-dealkylation sites (N-methyl/N-ethyl adjacent to an activating group) is 1. The molecule has 0 aliphatic rings.